The maximum absolute atomic E-state index is 11.9. The van der Waals surface area contributed by atoms with E-state index in [0.29, 0.717) is 12.2 Å². The zero-order valence-electron chi connectivity index (χ0n) is 13.7. The molecule has 0 spiro atoms. The van der Waals surface area contributed by atoms with E-state index in [4.69, 9.17) is 14.8 Å². The van der Waals surface area contributed by atoms with E-state index in [2.05, 4.69) is 5.16 Å². The highest BCUT2D eigenvalue weighted by molar-refractivity contribution is 6.46. The lowest BCUT2D eigenvalue weighted by Crippen LogP contribution is -2.15. The van der Waals surface area contributed by atoms with Gasteiger partial charge in [0.25, 0.3) is 0 Å². The smallest absolute Gasteiger partial charge is 0.199 e. The molecule has 0 aromatic heterocycles. The predicted molar refractivity (Wildman–Crippen MR) is 90.7 cm³/mol. The van der Waals surface area contributed by atoms with Crippen LogP contribution in [0.25, 0.3) is 0 Å². The highest BCUT2D eigenvalue weighted by Crippen LogP contribution is 2.18. The highest BCUT2D eigenvalue weighted by atomic mass is 16.6. The number of carbonyl (C=O) groups excluding carboxylic acids is 1. The first-order valence-corrected chi connectivity index (χ1v) is 7.44. The number of aryl methyl sites for hydroxylation is 1. The number of nitriles is 1. The van der Waals surface area contributed by atoms with Crippen molar-refractivity contribution in [2.75, 3.05) is 7.11 Å². The minimum absolute atomic E-state index is 0.144. The molecule has 0 unspecified atom stereocenters. The normalized spacial score (nSPS) is 10.8. The quantitative estimate of drug-likeness (QED) is 0.578. The third-order valence-electron chi connectivity index (χ3n) is 3.40. The zero-order chi connectivity index (χ0) is 17.4. The van der Waals surface area contributed by atoms with Crippen molar-refractivity contribution < 1.29 is 14.4 Å². The second-order valence-electron chi connectivity index (χ2n) is 5.13. The van der Waals surface area contributed by atoms with Crippen molar-refractivity contribution in [2.24, 2.45) is 5.16 Å². The second kappa shape index (κ2) is 8.49. The standard InChI is InChI=1S/C19H18N2O3/c1-14-5-3-4-6-18(14)24-13-15-7-9-16(10-8-15)19(21-23-2)17(22)11-12-20/h3-10H,11,13H2,1-2H3/b21-19-. The maximum Gasteiger partial charge on any atom is 0.199 e. The first kappa shape index (κ1) is 17.2. The largest absolute Gasteiger partial charge is 0.489 e. The molecule has 0 radical (unpaired) electrons. The van der Waals surface area contributed by atoms with Gasteiger partial charge in [-0.2, -0.15) is 5.26 Å². The summed E-state index contributed by atoms with van der Waals surface area (Å²) in [6.45, 7) is 2.42. The number of ether oxygens (including phenoxy) is 1. The van der Waals surface area contributed by atoms with Gasteiger partial charge in [0.15, 0.2) is 11.5 Å². The van der Waals surface area contributed by atoms with Gasteiger partial charge in [0.2, 0.25) is 0 Å². The first-order valence-electron chi connectivity index (χ1n) is 7.44. The lowest BCUT2D eigenvalue weighted by atomic mass is 10.0. The molecule has 122 valence electrons. The summed E-state index contributed by atoms with van der Waals surface area (Å²) in [5.74, 6) is 0.468. The molecule has 5 heteroatoms. The van der Waals surface area contributed by atoms with Crippen molar-refractivity contribution in [3.8, 4) is 11.8 Å². The van der Waals surface area contributed by atoms with Crippen LogP contribution in [-0.4, -0.2) is 18.6 Å². The summed E-state index contributed by atoms with van der Waals surface area (Å²) in [5.41, 5.74) is 2.79. The molecule has 0 saturated heterocycles. The van der Waals surface area contributed by atoms with E-state index in [1.807, 2.05) is 49.4 Å². The molecule has 2 rings (SSSR count). The SMILES string of the molecule is CO/N=C(\C(=O)CC#N)c1ccc(COc2ccccc2C)cc1. The van der Waals surface area contributed by atoms with Gasteiger partial charge in [-0.3, -0.25) is 4.79 Å². The van der Waals surface area contributed by atoms with Crippen molar-refractivity contribution in [3.05, 3.63) is 65.2 Å². The van der Waals surface area contributed by atoms with Gasteiger partial charge in [0.1, 0.15) is 25.9 Å². The minimum Gasteiger partial charge on any atom is -0.489 e. The Morgan fingerprint density at radius 2 is 1.88 bits per heavy atom. The van der Waals surface area contributed by atoms with Crippen molar-refractivity contribution >= 4 is 11.5 Å². The fourth-order valence-electron chi connectivity index (χ4n) is 2.15. The molecule has 0 aliphatic rings. The Kier molecular flexibility index (Phi) is 6.09. The Morgan fingerprint density at radius 1 is 1.17 bits per heavy atom. The van der Waals surface area contributed by atoms with Crippen molar-refractivity contribution in [1.82, 2.24) is 0 Å². The van der Waals surface area contributed by atoms with E-state index in [9.17, 15) is 4.79 Å². The number of Topliss-reactive ketones (excluding diaryl/α,β-unsaturated/α-hetero) is 1. The summed E-state index contributed by atoms with van der Waals surface area (Å²) in [6, 6.07) is 16.9. The lowest BCUT2D eigenvalue weighted by Gasteiger charge is -2.09. The topological polar surface area (TPSA) is 71.7 Å². The van der Waals surface area contributed by atoms with E-state index in [-0.39, 0.29) is 17.9 Å². The van der Waals surface area contributed by atoms with Crippen LogP contribution in [0.3, 0.4) is 0 Å². The molecule has 0 bridgehead atoms. The summed E-state index contributed by atoms with van der Waals surface area (Å²) in [4.78, 5) is 16.6. The average molecular weight is 322 g/mol. The van der Waals surface area contributed by atoms with Crippen LogP contribution in [-0.2, 0) is 16.2 Å². The van der Waals surface area contributed by atoms with Crippen LogP contribution in [0.15, 0.2) is 53.7 Å². The molecule has 0 aliphatic carbocycles. The number of para-hydroxylation sites is 1. The number of benzene rings is 2. The van der Waals surface area contributed by atoms with E-state index in [0.717, 1.165) is 16.9 Å². The summed E-state index contributed by atoms with van der Waals surface area (Å²) in [5, 5.41) is 12.4. The van der Waals surface area contributed by atoms with E-state index in [1.54, 1.807) is 12.1 Å². The molecule has 2 aromatic rings. The Balaban J connectivity index is 2.09. The molecule has 0 atom stereocenters. The van der Waals surface area contributed by atoms with Gasteiger partial charge in [-0.15, -0.1) is 0 Å². The van der Waals surface area contributed by atoms with Crippen LogP contribution >= 0.6 is 0 Å². The van der Waals surface area contributed by atoms with Crippen LogP contribution in [0, 0.1) is 18.3 Å². The second-order valence-corrected chi connectivity index (χ2v) is 5.13. The van der Waals surface area contributed by atoms with Crippen LogP contribution in [0.2, 0.25) is 0 Å². The third-order valence-corrected chi connectivity index (χ3v) is 3.40. The number of nitrogens with zero attached hydrogens (tertiary/aromatic N) is 2. The molecule has 2 aromatic carbocycles. The van der Waals surface area contributed by atoms with Crippen molar-refractivity contribution in [1.29, 1.82) is 5.26 Å². The summed E-state index contributed by atoms with van der Waals surface area (Å²) in [6.07, 6.45) is -0.236. The number of ketones is 1. The molecule has 5 nitrogen and oxygen atoms in total. The predicted octanol–water partition coefficient (Wildman–Crippen LogP) is 3.41. The van der Waals surface area contributed by atoms with E-state index < -0.39 is 0 Å². The Bertz CT molecular complexity index is 774. The third kappa shape index (κ3) is 4.43. The summed E-state index contributed by atoms with van der Waals surface area (Å²) < 4.78 is 5.79. The van der Waals surface area contributed by atoms with Gasteiger partial charge in [-0.1, -0.05) is 47.6 Å². The molecule has 0 fully saturated rings. The number of carbonyl (C=O) groups is 1. The van der Waals surface area contributed by atoms with Crippen molar-refractivity contribution in [2.45, 2.75) is 20.0 Å². The van der Waals surface area contributed by atoms with Crippen LogP contribution in [0.1, 0.15) is 23.1 Å². The summed E-state index contributed by atoms with van der Waals surface area (Å²) in [7, 11) is 1.37. The number of oxime groups is 1. The molecule has 0 saturated carbocycles. The molecule has 0 N–H and O–H groups in total. The van der Waals surface area contributed by atoms with Gasteiger partial charge in [-0.05, 0) is 24.1 Å². The number of rotatable bonds is 7. The highest BCUT2D eigenvalue weighted by Gasteiger charge is 2.14. The first-order chi connectivity index (χ1) is 11.7. The molecular weight excluding hydrogens is 304 g/mol. The fraction of sp³-hybridized carbons (Fsp3) is 0.211. The minimum atomic E-state index is -0.372. The van der Waals surface area contributed by atoms with Gasteiger partial charge < -0.3 is 9.57 Å². The Hall–Kier alpha value is -3.13. The molecule has 0 heterocycles. The van der Waals surface area contributed by atoms with Gasteiger partial charge in [0, 0.05) is 5.56 Å². The average Bonchev–Trinajstić information content (AvgIpc) is 2.60. The Morgan fingerprint density at radius 3 is 2.50 bits per heavy atom. The van der Waals surface area contributed by atoms with E-state index >= 15 is 0 Å². The maximum atomic E-state index is 11.9. The summed E-state index contributed by atoms with van der Waals surface area (Å²) >= 11 is 0. The number of hydrogen-bond donors (Lipinski definition) is 0. The van der Waals surface area contributed by atoms with Crippen LogP contribution < -0.4 is 4.74 Å². The number of hydrogen-bond acceptors (Lipinski definition) is 5. The lowest BCUT2D eigenvalue weighted by molar-refractivity contribution is -0.112. The molecule has 24 heavy (non-hydrogen) atoms. The Labute approximate surface area is 141 Å². The molecule has 0 aliphatic heterocycles. The van der Waals surface area contributed by atoms with Crippen LogP contribution in [0.4, 0.5) is 0 Å². The van der Waals surface area contributed by atoms with Gasteiger partial charge >= 0.3 is 0 Å². The van der Waals surface area contributed by atoms with Gasteiger partial charge in [0.05, 0.1) is 6.07 Å². The van der Waals surface area contributed by atoms with E-state index in [1.165, 1.54) is 7.11 Å². The molecule has 0 amide bonds. The van der Waals surface area contributed by atoms with Gasteiger partial charge in [-0.25, -0.2) is 0 Å². The molecular formula is C19H18N2O3. The van der Waals surface area contributed by atoms with Crippen LogP contribution in [0.5, 0.6) is 5.75 Å². The zero-order valence-corrected chi connectivity index (χ0v) is 13.7. The van der Waals surface area contributed by atoms with Crippen molar-refractivity contribution in [3.63, 3.8) is 0 Å². The fourth-order valence-corrected chi connectivity index (χ4v) is 2.15. The monoisotopic (exact) mass is 322 g/mol.